The fraction of sp³-hybridized carbons (Fsp3) is 0.500. The maximum absolute atomic E-state index is 4.93. The zero-order valence-corrected chi connectivity index (χ0v) is 20.8. The van der Waals surface area contributed by atoms with Crippen LogP contribution in [0.4, 0.5) is 0 Å². The van der Waals surface area contributed by atoms with Gasteiger partial charge in [0.2, 0.25) is 0 Å². The summed E-state index contributed by atoms with van der Waals surface area (Å²) in [6, 6.07) is 8.80. The minimum absolute atomic E-state index is 0. The molecule has 1 aromatic carbocycles. The van der Waals surface area contributed by atoms with Crippen molar-refractivity contribution >= 4 is 51.5 Å². The number of guanidine groups is 1. The zero-order chi connectivity index (χ0) is 20.1. The molecule has 4 rings (SSSR count). The Morgan fingerprint density at radius 1 is 1.33 bits per heavy atom. The van der Waals surface area contributed by atoms with E-state index in [4.69, 9.17) is 9.98 Å². The van der Waals surface area contributed by atoms with Gasteiger partial charge in [0.25, 0.3) is 0 Å². The summed E-state index contributed by atoms with van der Waals surface area (Å²) in [5.74, 6) is 1.68. The number of aliphatic imine (C=N–C) groups is 1. The van der Waals surface area contributed by atoms with Gasteiger partial charge in [-0.2, -0.15) is 0 Å². The van der Waals surface area contributed by atoms with Gasteiger partial charge in [0.1, 0.15) is 0 Å². The first-order valence-electron chi connectivity index (χ1n) is 10.6. The van der Waals surface area contributed by atoms with E-state index in [1.165, 1.54) is 16.1 Å². The number of likely N-dealkylation sites (tertiary alicyclic amines) is 1. The molecule has 6 nitrogen and oxygen atoms in total. The number of aromatic nitrogens is 3. The van der Waals surface area contributed by atoms with E-state index in [2.05, 4.69) is 64.1 Å². The number of nitrogens with one attached hydrogen (secondary N) is 1. The normalized spacial score (nSPS) is 19.7. The second-order valence-electron chi connectivity index (χ2n) is 7.70. The second-order valence-corrected chi connectivity index (χ2v) is 8.82. The first kappa shape index (κ1) is 23.0. The molecule has 1 N–H and O–H groups in total. The van der Waals surface area contributed by atoms with Gasteiger partial charge in [0, 0.05) is 45.0 Å². The lowest BCUT2D eigenvalue weighted by Crippen LogP contribution is -2.49. The third kappa shape index (κ3) is 5.51. The molecule has 0 spiro atoms. The van der Waals surface area contributed by atoms with Gasteiger partial charge in [-0.1, -0.05) is 19.1 Å². The molecule has 0 aliphatic carbocycles. The van der Waals surface area contributed by atoms with Crippen molar-refractivity contribution in [3.8, 4) is 0 Å². The molecule has 2 aromatic heterocycles. The van der Waals surface area contributed by atoms with E-state index in [9.17, 15) is 0 Å². The molecular formula is C22H31IN6S. The first-order chi connectivity index (χ1) is 14.2. The third-order valence-corrected chi connectivity index (χ3v) is 6.71. The summed E-state index contributed by atoms with van der Waals surface area (Å²) in [6.07, 6.45) is 9.05. The van der Waals surface area contributed by atoms with Crippen LogP contribution in [-0.4, -0.2) is 51.6 Å². The quantitative estimate of drug-likeness (QED) is 0.216. The Kier molecular flexibility index (Phi) is 8.50. The first-order valence-corrected chi connectivity index (χ1v) is 11.4. The highest BCUT2D eigenvalue weighted by Gasteiger charge is 2.28. The summed E-state index contributed by atoms with van der Waals surface area (Å²) >= 11 is 1.80. The van der Waals surface area contributed by atoms with Gasteiger partial charge < -0.3 is 14.8 Å². The maximum atomic E-state index is 4.93. The lowest BCUT2D eigenvalue weighted by atomic mass is 9.93. The summed E-state index contributed by atoms with van der Waals surface area (Å²) in [7, 11) is 0. The van der Waals surface area contributed by atoms with Crippen molar-refractivity contribution in [3.63, 3.8) is 0 Å². The van der Waals surface area contributed by atoms with Crippen LogP contribution in [0.2, 0.25) is 0 Å². The number of hydrogen-bond donors (Lipinski definition) is 1. The van der Waals surface area contributed by atoms with Gasteiger partial charge in [0.05, 0.1) is 27.6 Å². The van der Waals surface area contributed by atoms with Crippen molar-refractivity contribution in [1.29, 1.82) is 0 Å². The van der Waals surface area contributed by atoms with Crippen molar-refractivity contribution in [2.45, 2.75) is 39.2 Å². The predicted molar refractivity (Wildman–Crippen MR) is 136 cm³/mol. The highest BCUT2D eigenvalue weighted by atomic mass is 127. The molecule has 1 aliphatic heterocycles. The van der Waals surface area contributed by atoms with Gasteiger partial charge in [-0.15, -0.1) is 35.3 Å². The van der Waals surface area contributed by atoms with Crippen molar-refractivity contribution in [2.75, 3.05) is 26.2 Å². The Morgan fingerprint density at radius 3 is 2.97 bits per heavy atom. The van der Waals surface area contributed by atoms with Crippen LogP contribution in [0.1, 0.15) is 37.7 Å². The Bertz CT molecular complexity index is 905. The van der Waals surface area contributed by atoms with Crippen LogP contribution in [0, 0.1) is 5.92 Å². The third-order valence-electron chi connectivity index (χ3n) is 5.61. The Balaban J connectivity index is 0.00000256. The predicted octanol–water partition coefficient (Wildman–Crippen LogP) is 4.59. The van der Waals surface area contributed by atoms with Crippen LogP contribution in [-0.2, 0) is 6.42 Å². The van der Waals surface area contributed by atoms with Crippen LogP contribution >= 0.6 is 35.3 Å². The number of imidazole rings is 1. The number of piperidine rings is 1. The molecule has 0 amide bonds. The van der Waals surface area contributed by atoms with E-state index in [0.29, 0.717) is 12.0 Å². The monoisotopic (exact) mass is 538 g/mol. The summed E-state index contributed by atoms with van der Waals surface area (Å²) in [5.41, 5.74) is 1.11. The SMILES string of the molecule is CCNC(=NCCCc1nc2ccccc2s1)N1CCC(C)C(n2ccnc2)C1.I. The molecule has 30 heavy (non-hydrogen) atoms. The number of fused-ring (bicyclic) bond motifs is 1. The molecular weight excluding hydrogens is 507 g/mol. The molecule has 0 saturated carbocycles. The summed E-state index contributed by atoms with van der Waals surface area (Å²) in [5, 5.41) is 4.70. The highest BCUT2D eigenvalue weighted by Crippen LogP contribution is 2.27. The van der Waals surface area contributed by atoms with E-state index in [-0.39, 0.29) is 24.0 Å². The smallest absolute Gasteiger partial charge is 0.193 e. The fourth-order valence-corrected chi connectivity index (χ4v) is 4.97. The largest absolute Gasteiger partial charge is 0.357 e. The number of hydrogen-bond acceptors (Lipinski definition) is 4. The van der Waals surface area contributed by atoms with Gasteiger partial charge in [-0.05, 0) is 37.8 Å². The van der Waals surface area contributed by atoms with E-state index < -0.39 is 0 Å². The van der Waals surface area contributed by atoms with E-state index in [1.807, 2.05) is 12.5 Å². The molecule has 8 heteroatoms. The van der Waals surface area contributed by atoms with Crippen molar-refractivity contribution < 1.29 is 0 Å². The summed E-state index contributed by atoms with van der Waals surface area (Å²) < 4.78 is 3.51. The molecule has 2 unspecified atom stereocenters. The molecule has 1 saturated heterocycles. The summed E-state index contributed by atoms with van der Waals surface area (Å²) in [6.45, 7) is 8.20. The zero-order valence-electron chi connectivity index (χ0n) is 17.7. The summed E-state index contributed by atoms with van der Waals surface area (Å²) in [4.78, 5) is 16.3. The molecule has 1 aliphatic rings. The maximum Gasteiger partial charge on any atom is 0.193 e. The second kappa shape index (κ2) is 11.1. The van der Waals surface area contributed by atoms with E-state index >= 15 is 0 Å². The molecule has 1 fully saturated rings. The van der Waals surface area contributed by atoms with Crippen molar-refractivity contribution in [3.05, 3.63) is 48.0 Å². The molecule has 3 aromatic rings. The van der Waals surface area contributed by atoms with Crippen molar-refractivity contribution in [1.82, 2.24) is 24.8 Å². The molecule has 3 heterocycles. The Hall–Kier alpha value is -1.68. The van der Waals surface area contributed by atoms with Crippen LogP contribution in [0.5, 0.6) is 0 Å². The van der Waals surface area contributed by atoms with Gasteiger partial charge in [-0.25, -0.2) is 9.97 Å². The van der Waals surface area contributed by atoms with E-state index in [0.717, 1.165) is 50.5 Å². The minimum atomic E-state index is 0. The molecule has 0 radical (unpaired) electrons. The average molecular weight is 539 g/mol. The number of nitrogens with zero attached hydrogens (tertiary/aromatic N) is 5. The van der Waals surface area contributed by atoms with Crippen molar-refractivity contribution in [2.24, 2.45) is 10.9 Å². The number of rotatable bonds is 6. The highest BCUT2D eigenvalue weighted by molar-refractivity contribution is 14.0. The van der Waals surface area contributed by atoms with Gasteiger partial charge >= 0.3 is 0 Å². The molecule has 2 atom stereocenters. The number of aryl methyl sites for hydroxylation is 1. The van der Waals surface area contributed by atoms with Crippen LogP contribution in [0.15, 0.2) is 48.0 Å². The number of halogens is 1. The Labute approximate surface area is 199 Å². The fourth-order valence-electron chi connectivity index (χ4n) is 3.96. The van der Waals surface area contributed by atoms with Crippen LogP contribution in [0.3, 0.4) is 0 Å². The number of thiazole rings is 1. The number of para-hydroxylation sites is 1. The number of benzene rings is 1. The van der Waals surface area contributed by atoms with Gasteiger partial charge in [0.15, 0.2) is 5.96 Å². The molecule has 162 valence electrons. The Morgan fingerprint density at radius 2 is 2.20 bits per heavy atom. The molecule has 0 bridgehead atoms. The minimum Gasteiger partial charge on any atom is -0.357 e. The lowest BCUT2D eigenvalue weighted by Gasteiger charge is -2.39. The van der Waals surface area contributed by atoms with E-state index in [1.54, 1.807) is 11.3 Å². The van der Waals surface area contributed by atoms with Crippen LogP contribution < -0.4 is 5.32 Å². The van der Waals surface area contributed by atoms with Gasteiger partial charge in [-0.3, -0.25) is 4.99 Å². The topological polar surface area (TPSA) is 58.3 Å². The van der Waals surface area contributed by atoms with Crippen LogP contribution in [0.25, 0.3) is 10.2 Å². The average Bonchev–Trinajstić information content (AvgIpc) is 3.40. The lowest BCUT2D eigenvalue weighted by molar-refractivity contribution is 0.189. The standard InChI is InChI=1S/C22H30N6S.HI/c1-3-24-22(27-13-10-17(2)19(15-27)28-14-12-23-16-28)25-11-6-9-21-26-18-7-4-5-8-20(18)29-21;/h4-5,7-8,12,14,16-17,19H,3,6,9-11,13,15H2,1-2H3,(H,24,25);1H.